The Morgan fingerprint density at radius 2 is 1.75 bits per heavy atom. The lowest BCUT2D eigenvalue weighted by atomic mass is 9.73. The van der Waals surface area contributed by atoms with Gasteiger partial charge in [-0.3, -0.25) is 19.4 Å². The Morgan fingerprint density at radius 1 is 0.975 bits per heavy atom. The van der Waals surface area contributed by atoms with Crippen LogP contribution >= 0.6 is 0 Å². The standard InChI is InChI=1S/C31H37N5O4/c1-21-20-40-18-8-6-12-31(30(39)34-22(2)28(37)33-21)13-16-36(17-14-31)29(38)24-19-27(26-11-5-7-15-32-26)35-25-10-4-3-9-23(24)25/h3-5,7,9-11,15,19,21-22H,6,8,12-14,16-18,20H2,1-2H3,(H,33,37)(H,34,39)/t21-,22-/m0/s1. The number of hydrogen-bond acceptors (Lipinski definition) is 6. The summed E-state index contributed by atoms with van der Waals surface area (Å²) in [6.07, 6.45) is 5.15. The third-order valence-electron chi connectivity index (χ3n) is 8.05. The van der Waals surface area contributed by atoms with Crippen molar-refractivity contribution in [3.8, 4) is 11.4 Å². The molecule has 2 aromatic heterocycles. The second-order valence-electron chi connectivity index (χ2n) is 11.0. The highest BCUT2D eigenvalue weighted by molar-refractivity contribution is 6.07. The van der Waals surface area contributed by atoms with E-state index >= 15 is 0 Å². The Hall–Kier alpha value is -3.85. The molecule has 0 radical (unpaired) electrons. The van der Waals surface area contributed by atoms with Crippen molar-refractivity contribution in [2.75, 3.05) is 26.3 Å². The fourth-order valence-corrected chi connectivity index (χ4v) is 5.65. The topological polar surface area (TPSA) is 114 Å². The molecule has 0 bridgehead atoms. The molecular formula is C31H37N5O4. The van der Waals surface area contributed by atoms with E-state index in [1.165, 1.54) is 0 Å². The number of pyridine rings is 2. The number of nitrogens with zero attached hydrogens (tertiary/aromatic N) is 3. The van der Waals surface area contributed by atoms with Gasteiger partial charge in [-0.2, -0.15) is 0 Å². The van der Waals surface area contributed by atoms with Crippen LogP contribution in [0.15, 0.2) is 54.7 Å². The number of fused-ring (bicyclic) bond motifs is 1. The number of amides is 3. The van der Waals surface area contributed by atoms with E-state index in [0.717, 1.165) is 23.7 Å². The maximum Gasteiger partial charge on any atom is 0.254 e. The molecule has 4 heterocycles. The predicted octanol–water partition coefficient (Wildman–Crippen LogP) is 3.73. The molecule has 40 heavy (non-hydrogen) atoms. The maximum absolute atomic E-state index is 13.9. The summed E-state index contributed by atoms with van der Waals surface area (Å²) < 4.78 is 5.74. The van der Waals surface area contributed by atoms with Crippen LogP contribution in [0.3, 0.4) is 0 Å². The van der Waals surface area contributed by atoms with Crippen LogP contribution < -0.4 is 10.6 Å². The van der Waals surface area contributed by atoms with Gasteiger partial charge in [-0.15, -0.1) is 0 Å². The summed E-state index contributed by atoms with van der Waals surface area (Å²) in [4.78, 5) is 51.2. The summed E-state index contributed by atoms with van der Waals surface area (Å²) in [6.45, 7) is 5.55. The van der Waals surface area contributed by atoms with Crippen LogP contribution in [-0.2, 0) is 14.3 Å². The van der Waals surface area contributed by atoms with Gasteiger partial charge in [-0.05, 0) is 63.8 Å². The zero-order valence-corrected chi connectivity index (χ0v) is 23.2. The van der Waals surface area contributed by atoms with Crippen LogP contribution in [-0.4, -0.2) is 71.0 Å². The predicted molar refractivity (Wildman–Crippen MR) is 152 cm³/mol. The van der Waals surface area contributed by atoms with Crippen molar-refractivity contribution in [3.05, 3.63) is 60.3 Å². The second-order valence-corrected chi connectivity index (χ2v) is 11.0. The lowest BCUT2D eigenvalue weighted by Gasteiger charge is -2.41. The summed E-state index contributed by atoms with van der Waals surface area (Å²) in [5.41, 5.74) is 2.04. The van der Waals surface area contributed by atoms with E-state index in [2.05, 4.69) is 15.6 Å². The van der Waals surface area contributed by atoms with Crippen LogP contribution in [0, 0.1) is 5.41 Å². The van der Waals surface area contributed by atoms with E-state index < -0.39 is 11.5 Å². The van der Waals surface area contributed by atoms with E-state index in [0.29, 0.717) is 62.5 Å². The Balaban J connectivity index is 1.37. The summed E-state index contributed by atoms with van der Waals surface area (Å²) in [5.74, 6) is -0.410. The highest BCUT2D eigenvalue weighted by atomic mass is 16.5. The molecule has 1 aromatic carbocycles. The van der Waals surface area contributed by atoms with E-state index in [-0.39, 0.29) is 23.8 Å². The third kappa shape index (κ3) is 5.99. The Kier molecular flexibility index (Phi) is 8.40. The normalized spacial score (nSPS) is 22.5. The number of carbonyl (C=O) groups excluding carboxylic acids is 3. The average molecular weight is 544 g/mol. The molecule has 2 aliphatic heterocycles. The maximum atomic E-state index is 13.9. The molecule has 1 spiro atoms. The van der Waals surface area contributed by atoms with Gasteiger partial charge in [0.2, 0.25) is 11.8 Å². The lowest BCUT2D eigenvalue weighted by Crippen LogP contribution is -2.55. The van der Waals surface area contributed by atoms with Crippen molar-refractivity contribution in [2.45, 2.75) is 58.0 Å². The molecular weight excluding hydrogens is 506 g/mol. The van der Waals surface area contributed by atoms with Gasteiger partial charge in [0.15, 0.2) is 0 Å². The van der Waals surface area contributed by atoms with Crippen molar-refractivity contribution in [1.29, 1.82) is 0 Å². The van der Waals surface area contributed by atoms with Gasteiger partial charge in [0.1, 0.15) is 6.04 Å². The Bertz CT molecular complexity index is 1370. The smallest absolute Gasteiger partial charge is 0.254 e. The summed E-state index contributed by atoms with van der Waals surface area (Å²) in [7, 11) is 0. The lowest BCUT2D eigenvalue weighted by molar-refractivity contribution is -0.137. The minimum Gasteiger partial charge on any atom is -0.379 e. The van der Waals surface area contributed by atoms with Crippen molar-refractivity contribution in [2.24, 2.45) is 5.41 Å². The minimum atomic E-state index is -0.652. The zero-order chi connectivity index (χ0) is 28.1. The minimum absolute atomic E-state index is 0.0779. The van der Waals surface area contributed by atoms with Crippen molar-refractivity contribution >= 4 is 28.6 Å². The van der Waals surface area contributed by atoms with E-state index in [4.69, 9.17) is 9.72 Å². The molecule has 0 aliphatic carbocycles. The largest absolute Gasteiger partial charge is 0.379 e. The van der Waals surface area contributed by atoms with Gasteiger partial charge in [-0.25, -0.2) is 4.98 Å². The molecule has 2 atom stereocenters. The van der Waals surface area contributed by atoms with Crippen LogP contribution in [0.5, 0.6) is 0 Å². The first-order valence-electron chi connectivity index (χ1n) is 14.2. The number of ether oxygens (including phenoxy) is 1. The van der Waals surface area contributed by atoms with Gasteiger partial charge in [-0.1, -0.05) is 30.7 Å². The molecule has 2 N–H and O–H groups in total. The number of benzene rings is 1. The van der Waals surface area contributed by atoms with E-state index in [1.807, 2.05) is 60.4 Å². The average Bonchev–Trinajstić information content (AvgIpc) is 2.98. The van der Waals surface area contributed by atoms with Gasteiger partial charge in [0.25, 0.3) is 5.91 Å². The zero-order valence-electron chi connectivity index (χ0n) is 23.2. The monoisotopic (exact) mass is 543 g/mol. The van der Waals surface area contributed by atoms with Crippen LogP contribution in [0.1, 0.15) is 56.3 Å². The molecule has 3 aromatic rings. The van der Waals surface area contributed by atoms with Crippen LogP contribution in [0.4, 0.5) is 0 Å². The second kappa shape index (κ2) is 12.1. The van der Waals surface area contributed by atoms with Crippen LogP contribution in [0.25, 0.3) is 22.3 Å². The summed E-state index contributed by atoms with van der Waals surface area (Å²) in [6, 6.07) is 14.3. The SMILES string of the molecule is C[C@@H]1NC(=O)C2(CCCCOC[C@H](C)NC1=O)CCN(C(=O)c1cc(-c3ccccn3)nc3ccccc13)CC2. The number of aromatic nitrogens is 2. The molecule has 9 nitrogen and oxygen atoms in total. The highest BCUT2D eigenvalue weighted by Gasteiger charge is 2.43. The molecule has 210 valence electrons. The molecule has 5 rings (SSSR count). The number of nitrogens with one attached hydrogen (secondary N) is 2. The number of carbonyl (C=O) groups is 3. The molecule has 0 saturated carbocycles. The van der Waals surface area contributed by atoms with Gasteiger partial charge in [0.05, 0.1) is 34.5 Å². The van der Waals surface area contributed by atoms with Crippen LogP contribution in [0.2, 0.25) is 0 Å². The van der Waals surface area contributed by atoms with Gasteiger partial charge >= 0.3 is 0 Å². The first-order valence-corrected chi connectivity index (χ1v) is 14.2. The number of likely N-dealkylation sites (tertiary alicyclic amines) is 1. The fraction of sp³-hybridized carbons (Fsp3) is 0.452. The van der Waals surface area contributed by atoms with Gasteiger partial charge in [0, 0.05) is 37.3 Å². The van der Waals surface area contributed by atoms with Crippen molar-refractivity contribution < 1.29 is 19.1 Å². The number of rotatable bonds is 2. The number of piperidine rings is 1. The van der Waals surface area contributed by atoms with Gasteiger partial charge < -0.3 is 20.3 Å². The molecule has 2 fully saturated rings. The number of hydrogen-bond donors (Lipinski definition) is 2. The Morgan fingerprint density at radius 3 is 2.52 bits per heavy atom. The third-order valence-corrected chi connectivity index (χ3v) is 8.05. The summed E-state index contributed by atoms with van der Waals surface area (Å²) >= 11 is 0. The first-order chi connectivity index (χ1) is 19.4. The first kappa shape index (κ1) is 27.7. The highest BCUT2D eigenvalue weighted by Crippen LogP contribution is 2.38. The van der Waals surface area contributed by atoms with Crippen molar-refractivity contribution in [3.63, 3.8) is 0 Å². The number of para-hydroxylation sites is 1. The van der Waals surface area contributed by atoms with E-state index in [1.54, 1.807) is 13.1 Å². The van der Waals surface area contributed by atoms with E-state index in [9.17, 15) is 14.4 Å². The summed E-state index contributed by atoms with van der Waals surface area (Å²) in [5, 5.41) is 6.67. The molecule has 0 unspecified atom stereocenters. The van der Waals surface area contributed by atoms with Crippen molar-refractivity contribution in [1.82, 2.24) is 25.5 Å². The molecule has 2 aliphatic rings. The molecule has 2 saturated heterocycles. The molecule has 9 heteroatoms. The Labute approximate surface area is 234 Å². The fourth-order valence-electron chi connectivity index (χ4n) is 5.65. The quantitative estimate of drug-likeness (QED) is 0.509. The molecule has 3 amide bonds.